The van der Waals surface area contributed by atoms with Crippen LogP contribution < -0.4 is 26.6 Å². The number of aliphatic hydroxyl groups excluding tert-OH is 1. The second-order valence-electron chi connectivity index (χ2n) is 7.57. The summed E-state index contributed by atoms with van der Waals surface area (Å²) < 4.78 is 65.0. The Bertz CT molecular complexity index is 522. The van der Waals surface area contributed by atoms with Crippen molar-refractivity contribution in [3.8, 4) is 0 Å². The molecule has 2 fully saturated rings. The zero-order chi connectivity index (χ0) is 20.9. The highest BCUT2D eigenvalue weighted by molar-refractivity contribution is 5.74. The molecule has 2 aliphatic rings. The van der Waals surface area contributed by atoms with Crippen molar-refractivity contribution in [2.75, 3.05) is 13.2 Å². The molecule has 1 aliphatic heterocycles. The number of alkyl halides is 5. The fourth-order valence-electron chi connectivity index (χ4n) is 3.55. The molecule has 1 aliphatic carbocycles. The van der Waals surface area contributed by atoms with Gasteiger partial charge in [-0.1, -0.05) is 6.42 Å². The summed E-state index contributed by atoms with van der Waals surface area (Å²) in [6, 6.07) is -1.32. The quantitative estimate of drug-likeness (QED) is 0.365. The van der Waals surface area contributed by atoms with Crippen molar-refractivity contribution in [2.45, 2.75) is 75.7 Å². The number of urea groups is 1. The van der Waals surface area contributed by atoms with Crippen LogP contribution in [0.4, 0.5) is 26.7 Å². The van der Waals surface area contributed by atoms with Crippen molar-refractivity contribution >= 4 is 6.03 Å². The summed E-state index contributed by atoms with van der Waals surface area (Å²) in [5.74, 6) is -4.68. The maximum Gasteiger partial charge on any atom is 0.391 e. The predicted molar refractivity (Wildman–Crippen MR) is 91.4 cm³/mol. The lowest BCUT2D eigenvalue weighted by molar-refractivity contribution is -0.183. The summed E-state index contributed by atoms with van der Waals surface area (Å²) in [5.41, 5.74) is 0. The highest BCUT2D eigenvalue weighted by atomic mass is 19.4. The predicted octanol–water partition coefficient (Wildman–Crippen LogP) is 1.20. The summed E-state index contributed by atoms with van der Waals surface area (Å²) >= 11 is 0. The Morgan fingerprint density at radius 3 is 2.46 bits per heavy atom. The second kappa shape index (κ2) is 9.51. The van der Waals surface area contributed by atoms with Crippen molar-refractivity contribution < 1.29 is 31.9 Å². The van der Waals surface area contributed by atoms with Crippen LogP contribution in [0.3, 0.4) is 0 Å². The molecule has 28 heavy (non-hydrogen) atoms. The van der Waals surface area contributed by atoms with E-state index in [9.17, 15) is 26.7 Å². The van der Waals surface area contributed by atoms with E-state index in [4.69, 9.17) is 5.11 Å². The number of aliphatic hydroxyl groups is 1. The van der Waals surface area contributed by atoms with Crippen LogP contribution in [0.5, 0.6) is 0 Å². The van der Waals surface area contributed by atoms with Crippen LogP contribution in [0, 0.1) is 5.92 Å². The molecular formula is C16H28F5N5O2. The van der Waals surface area contributed by atoms with Crippen molar-refractivity contribution in [2.24, 2.45) is 5.92 Å². The second-order valence-corrected chi connectivity index (χ2v) is 7.57. The minimum Gasteiger partial charge on any atom is -0.390 e. The molecule has 2 amide bonds. The maximum absolute atomic E-state index is 13.2. The van der Waals surface area contributed by atoms with Gasteiger partial charge in [0.05, 0.1) is 18.6 Å². The first-order valence-corrected chi connectivity index (χ1v) is 9.36. The van der Waals surface area contributed by atoms with E-state index in [1.807, 2.05) is 0 Å². The molecule has 1 saturated heterocycles. The number of rotatable bonds is 6. The molecule has 164 valence electrons. The van der Waals surface area contributed by atoms with Gasteiger partial charge in [0.1, 0.15) is 12.9 Å². The van der Waals surface area contributed by atoms with E-state index >= 15 is 0 Å². The Morgan fingerprint density at radius 1 is 1.11 bits per heavy atom. The Labute approximate surface area is 160 Å². The van der Waals surface area contributed by atoms with Crippen LogP contribution in [0.25, 0.3) is 0 Å². The molecule has 5 unspecified atom stereocenters. The van der Waals surface area contributed by atoms with Crippen LogP contribution in [0.1, 0.15) is 39.0 Å². The highest BCUT2D eigenvalue weighted by Gasteiger charge is 2.42. The van der Waals surface area contributed by atoms with Gasteiger partial charge >= 0.3 is 12.2 Å². The van der Waals surface area contributed by atoms with E-state index in [1.165, 1.54) is 0 Å². The van der Waals surface area contributed by atoms with Crippen LogP contribution in [0.15, 0.2) is 0 Å². The number of carbonyl (C=O) groups is 1. The third kappa shape index (κ3) is 7.30. The highest BCUT2D eigenvalue weighted by Crippen LogP contribution is 2.37. The first-order valence-electron chi connectivity index (χ1n) is 9.36. The lowest BCUT2D eigenvalue weighted by Gasteiger charge is -2.38. The SMILES string of the molecule is CC1CC(NCC(F)(F)CO)NC(NC(=O)NC2CCCC(C(F)(F)F)C2)N1. The topological polar surface area (TPSA) is 97.5 Å². The van der Waals surface area contributed by atoms with Crippen molar-refractivity contribution in [3.63, 3.8) is 0 Å². The average molecular weight is 417 g/mol. The lowest BCUT2D eigenvalue weighted by atomic mass is 9.85. The number of hydrogen-bond donors (Lipinski definition) is 6. The maximum atomic E-state index is 13.2. The molecule has 0 aromatic carbocycles. The van der Waals surface area contributed by atoms with E-state index in [2.05, 4.69) is 26.6 Å². The third-order valence-corrected chi connectivity index (χ3v) is 4.99. The van der Waals surface area contributed by atoms with Gasteiger partial charge in [0, 0.05) is 12.1 Å². The minimum atomic E-state index is -4.27. The number of halogens is 5. The summed E-state index contributed by atoms with van der Waals surface area (Å²) in [6.07, 6.45) is -4.32. The molecule has 1 heterocycles. The smallest absolute Gasteiger partial charge is 0.390 e. The average Bonchev–Trinajstić information content (AvgIpc) is 2.59. The van der Waals surface area contributed by atoms with Gasteiger partial charge in [0.15, 0.2) is 0 Å². The molecule has 6 N–H and O–H groups in total. The summed E-state index contributed by atoms with van der Waals surface area (Å²) in [4.78, 5) is 12.2. The van der Waals surface area contributed by atoms with Crippen LogP contribution in [-0.4, -0.2) is 60.9 Å². The fraction of sp³-hybridized carbons (Fsp3) is 0.938. The molecule has 0 aromatic heterocycles. The first-order chi connectivity index (χ1) is 13.0. The molecule has 5 atom stereocenters. The summed E-state index contributed by atoms with van der Waals surface area (Å²) in [7, 11) is 0. The molecule has 0 spiro atoms. The van der Waals surface area contributed by atoms with Gasteiger partial charge in [-0.2, -0.15) is 13.2 Å². The van der Waals surface area contributed by atoms with Crippen LogP contribution in [-0.2, 0) is 0 Å². The standard InChI is InChI=1S/C16H28F5N5O2/c1-9-5-12(22-7-15(17,18)8-27)25-13(23-9)26-14(28)24-11-4-2-3-10(6-11)16(19,20)21/h9-13,22-23,25,27H,2-8H2,1H3,(H2,24,26,28). The molecule has 0 radical (unpaired) electrons. The molecule has 12 heteroatoms. The number of carbonyl (C=O) groups excluding carboxylic acids is 1. The summed E-state index contributed by atoms with van der Waals surface area (Å²) in [6.45, 7) is -0.194. The van der Waals surface area contributed by atoms with Gasteiger partial charge in [-0.05, 0) is 32.6 Å². The van der Waals surface area contributed by atoms with Crippen molar-refractivity contribution in [3.05, 3.63) is 0 Å². The van der Waals surface area contributed by atoms with E-state index < -0.39 is 55.7 Å². The van der Waals surface area contributed by atoms with Crippen molar-refractivity contribution in [1.29, 1.82) is 0 Å². The molecule has 0 aromatic rings. The zero-order valence-corrected chi connectivity index (χ0v) is 15.6. The van der Waals surface area contributed by atoms with Gasteiger partial charge < -0.3 is 15.7 Å². The number of nitrogens with one attached hydrogen (secondary N) is 5. The van der Waals surface area contributed by atoms with Gasteiger partial charge in [-0.25, -0.2) is 13.6 Å². The van der Waals surface area contributed by atoms with E-state index in [0.717, 1.165) is 0 Å². The van der Waals surface area contributed by atoms with Crippen LogP contribution in [0.2, 0.25) is 0 Å². The number of hydrogen-bond acceptors (Lipinski definition) is 5. The number of amides is 2. The fourth-order valence-corrected chi connectivity index (χ4v) is 3.55. The van der Waals surface area contributed by atoms with Crippen molar-refractivity contribution in [1.82, 2.24) is 26.6 Å². The van der Waals surface area contributed by atoms with E-state index in [1.54, 1.807) is 6.92 Å². The molecule has 7 nitrogen and oxygen atoms in total. The minimum absolute atomic E-state index is 0.0678. The Hall–Kier alpha value is -1.24. The van der Waals surface area contributed by atoms with E-state index in [-0.39, 0.29) is 18.9 Å². The van der Waals surface area contributed by atoms with Gasteiger partial charge in [-0.3, -0.25) is 16.0 Å². The van der Waals surface area contributed by atoms with Gasteiger partial charge in [0.2, 0.25) is 0 Å². The lowest BCUT2D eigenvalue weighted by Crippen LogP contribution is -2.69. The molecule has 2 rings (SSSR count). The normalized spacial score (nSPS) is 32.0. The monoisotopic (exact) mass is 417 g/mol. The van der Waals surface area contributed by atoms with E-state index in [0.29, 0.717) is 19.3 Å². The first kappa shape index (κ1) is 23.0. The Morgan fingerprint density at radius 2 is 1.82 bits per heavy atom. The zero-order valence-electron chi connectivity index (χ0n) is 15.6. The molecule has 0 bridgehead atoms. The largest absolute Gasteiger partial charge is 0.391 e. The van der Waals surface area contributed by atoms with Crippen LogP contribution >= 0.6 is 0 Å². The third-order valence-electron chi connectivity index (χ3n) is 4.99. The molecular weight excluding hydrogens is 389 g/mol. The Kier molecular flexibility index (Phi) is 7.82. The summed E-state index contributed by atoms with van der Waals surface area (Å²) in [5, 5.41) is 22.2. The van der Waals surface area contributed by atoms with Gasteiger partial charge in [-0.15, -0.1) is 0 Å². The molecule has 1 saturated carbocycles. The Balaban J connectivity index is 1.80. The van der Waals surface area contributed by atoms with Gasteiger partial charge in [0.25, 0.3) is 5.92 Å².